The quantitative estimate of drug-likeness (QED) is 0.158. The highest BCUT2D eigenvalue weighted by Gasteiger charge is 2.37. The molecule has 0 radical (unpaired) electrons. The predicted octanol–water partition coefficient (Wildman–Crippen LogP) is -0.102. The van der Waals surface area contributed by atoms with Gasteiger partial charge in [0, 0.05) is 37.5 Å². The summed E-state index contributed by atoms with van der Waals surface area (Å²) in [5.41, 5.74) is 11.6. The summed E-state index contributed by atoms with van der Waals surface area (Å²) >= 11 is 1.32. The molecule has 32 heavy (non-hydrogen) atoms. The van der Waals surface area contributed by atoms with Crippen molar-refractivity contribution in [2.75, 3.05) is 20.1 Å². The van der Waals surface area contributed by atoms with Gasteiger partial charge in [0.15, 0.2) is 5.96 Å². The summed E-state index contributed by atoms with van der Waals surface area (Å²) in [5, 5.41) is 17.5. The molecule has 11 nitrogen and oxygen atoms in total. The minimum atomic E-state index is -0.700. The minimum absolute atomic E-state index is 0.0168. The van der Waals surface area contributed by atoms with Crippen LogP contribution in [0.25, 0.3) is 0 Å². The maximum absolute atomic E-state index is 12.8. The van der Waals surface area contributed by atoms with Gasteiger partial charge in [-0.25, -0.2) is 4.98 Å². The monoisotopic (exact) mass is 466 g/mol. The van der Waals surface area contributed by atoms with Crippen LogP contribution in [0.3, 0.4) is 0 Å². The molecule has 2 heterocycles. The number of likely N-dealkylation sites (N-methyl/N-ethyl adjacent to an activating group) is 1. The summed E-state index contributed by atoms with van der Waals surface area (Å²) in [6.45, 7) is 4.69. The molecule has 8 N–H and O–H groups in total. The van der Waals surface area contributed by atoms with E-state index in [4.69, 9.17) is 16.9 Å². The van der Waals surface area contributed by atoms with Gasteiger partial charge in [0.25, 0.3) is 5.91 Å². The van der Waals surface area contributed by atoms with Gasteiger partial charge in [0.05, 0.1) is 6.04 Å². The number of carbonyl (C=O) groups excluding carboxylic acids is 3. The van der Waals surface area contributed by atoms with Gasteiger partial charge in [-0.05, 0) is 25.7 Å². The van der Waals surface area contributed by atoms with Crippen LogP contribution in [-0.4, -0.2) is 65.8 Å². The summed E-state index contributed by atoms with van der Waals surface area (Å²) in [5.74, 6) is -0.958. The van der Waals surface area contributed by atoms with Gasteiger partial charge in [0.2, 0.25) is 11.8 Å². The molecular formula is C20H34N8O3S. The Morgan fingerprint density at radius 2 is 2.06 bits per heavy atom. The lowest BCUT2D eigenvalue weighted by Crippen LogP contribution is -2.45. The first-order valence-electron chi connectivity index (χ1n) is 10.8. The zero-order chi connectivity index (χ0) is 23.8. The molecule has 2 rings (SSSR count). The molecule has 3 amide bonds. The first-order chi connectivity index (χ1) is 15.1. The van der Waals surface area contributed by atoms with E-state index in [0.717, 1.165) is 0 Å². The van der Waals surface area contributed by atoms with Crippen LogP contribution in [0.1, 0.15) is 61.1 Å². The summed E-state index contributed by atoms with van der Waals surface area (Å²) in [4.78, 5) is 43.7. The number of amides is 3. The minimum Gasteiger partial charge on any atom is -0.370 e. The molecule has 1 saturated heterocycles. The summed E-state index contributed by atoms with van der Waals surface area (Å²) < 4.78 is 0. The van der Waals surface area contributed by atoms with Gasteiger partial charge in [-0.1, -0.05) is 13.8 Å². The van der Waals surface area contributed by atoms with E-state index in [1.54, 1.807) is 10.3 Å². The van der Waals surface area contributed by atoms with Crippen LogP contribution in [0.2, 0.25) is 0 Å². The lowest BCUT2D eigenvalue weighted by Gasteiger charge is -2.24. The van der Waals surface area contributed by atoms with Gasteiger partial charge in [-0.2, -0.15) is 0 Å². The van der Waals surface area contributed by atoms with E-state index in [1.165, 1.54) is 18.4 Å². The van der Waals surface area contributed by atoms with Crippen LogP contribution in [0.5, 0.6) is 0 Å². The molecular weight excluding hydrogens is 432 g/mol. The largest absolute Gasteiger partial charge is 0.370 e. The molecule has 1 unspecified atom stereocenters. The molecule has 1 aliphatic heterocycles. The highest BCUT2D eigenvalue weighted by atomic mass is 32.1. The first-order valence-corrected chi connectivity index (χ1v) is 11.6. The molecule has 1 aliphatic rings. The second kappa shape index (κ2) is 11.8. The van der Waals surface area contributed by atoms with Crippen molar-refractivity contribution in [3.63, 3.8) is 0 Å². The van der Waals surface area contributed by atoms with Crippen molar-refractivity contribution < 1.29 is 14.4 Å². The van der Waals surface area contributed by atoms with Crippen molar-refractivity contribution in [1.82, 2.24) is 25.8 Å². The molecule has 3 atom stereocenters. The Labute approximate surface area is 192 Å². The average Bonchev–Trinajstić information content (AvgIpc) is 3.37. The highest BCUT2D eigenvalue weighted by Crippen LogP contribution is 2.34. The highest BCUT2D eigenvalue weighted by molar-refractivity contribution is 7.09. The second-order valence-electron chi connectivity index (χ2n) is 8.20. The van der Waals surface area contributed by atoms with Gasteiger partial charge in [-0.3, -0.25) is 19.8 Å². The maximum atomic E-state index is 12.8. The lowest BCUT2D eigenvalue weighted by molar-refractivity contribution is -0.135. The van der Waals surface area contributed by atoms with Crippen molar-refractivity contribution in [3.05, 3.63) is 16.1 Å². The standard InChI is InChI=1S/C20H34N8O3S/c1-11(2)19(31)28-9-12(21)8-15(28)18-27-14(10-32-18)17(30)26-13(16(29)24-3)6-4-5-7-25-20(22)23/h10-13,15H,4-9,21H2,1-3H3,(H,24,29)(H,26,30)(H4,22,23,25)/t12-,13?,15+/m1/s1. The van der Waals surface area contributed by atoms with Crippen LogP contribution >= 0.6 is 11.3 Å². The van der Waals surface area contributed by atoms with Crippen LogP contribution in [0.4, 0.5) is 0 Å². The zero-order valence-corrected chi connectivity index (χ0v) is 19.6. The number of carbonyl (C=O) groups is 3. The Kier molecular flexibility index (Phi) is 9.39. The third-order valence-corrected chi connectivity index (χ3v) is 6.20. The van der Waals surface area contributed by atoms with Crippen molar-refractivity contribution in [2.45, 2.75) is 57.7 Å². The van der Waals surface area contributed by atoms with Crippen LogP contribution in [0.15, 0.2) is 5.38 Å². The van der Waals surface area contributed by atoms with Gasteiger partial charge >= 0.3 is 0 Å². The number of unbranched alkanes of at least 4 members (excludes halogenated alkanes) is 1. The molecule has 12 heteroatoms. The van der Waals surface area contributed by atoms with E-state index in [-0.39, 0.29) is 41.5 Å². The molecule has 0 bridgehead atoms. The molecule has 1 aromatic heterocycles. The number of nitrogens with zero attached hydrogens (tertiary/aromatic N) is 2. The van der Waals surface area contributed by atoms with Crippen molar-refractivity contribution in [2.24, 2.45) is 17.4 Å². The molecule has 178 valence electrons. The van der Waals surface area contributed by atoms with Gasteiger partial charge in [0.1, 0.15) is 16.7 Å². The number of rotatable bonds is 10. The Morgan fingerprint density at radius 1 is 1.34 bits per heavy atom. The lowest BCUT2D eigenvalue weighted by atomic mass is 10.1. The second-order valence-corrected chi connectivity index (χ2v) is 9.09. The number of hydrogen-bond donors (Lipinski definition) is 6. The number of thiazole rings is 1. The first kappa shape index (κ1) is 25.5. The number of guanidine groups is 1. The normalized spacial score (nSPS) is 19.0. The fourth-order valence-corrected chi connectivity index (χ4v) is 4.52. The SMILES string of the molecule is CNC(=O)C(CCCCNC(=N)N)NC(=O)c1csc([C@@H]2C[C@@H](N)CN2C(=O)C(C)C)n1. The van der Waals surface area contributed by atoms with E-state index in [1.807, 2.05) is 13.8 Å². The average molecular weight is 467 g/mol. The molecule has 0 aliphatic carbocycles. The van der Waals surface area contributed by atoms with Crippen molar-refractivity contribution >= 4 is 35.0 Å². The molecule has 0 saturated carbocycles. The fraction of sp³-hybridized carbons (Fsp3) is 0.650. The van der Waals surface area contributed by atoms with E-state index in [2.05, 4.69) is 20.9 Å². The van der Waals surface area contributed by atoms with E-state index in [0.29, 0.717) is 43.8 Å². The number of nitrogens with two attached hydrogens (primary N) is 2. The zero-order valence-electron chi connectivity index (χ0n) is 18.8. The summed E-state index contributed by atoms with van der Waals surface area (Å²) in [7, 11) is 1.52. The van der Waals surface area contributed by atoms with Gasteiger partial charge in [-0.15, -0.1) is 11.3 Å². The summed E-state index contributed by atoms with van der Waals surface area (Å²) in [6, 6.07) is -1.07. The summed E-state index contributed by atoms with van der Waals surface area (Å²) in [6.07, 6.45) is 2.40. The number of hydrogen-bond acceptors (Lipinski definition) is 7. The molecule has 0 spiro atoms. The molecule has 1 fully saturated rings. The number of aromatic nitrogens is 1. The third-order valence-electron chi connectivity index (χ3n) is 5.25. The Balaban J connectivity index is 2.02. The van der Waals surface area contributed by atoms with E-state index in [9.17, 15) is 14.4 Å². The predicted molar refractivity (Wildman–Crippen MR) is 123 cm³/mol. The maximum Gasteiger partial charge on any atom is 0.271 e. The third kappa shape index (κ3) is 6.89. The molecule has 1 aromatic rings. The van der Waals surface area contributed by atoms with Crippen LogP contribution in [-0.2, 0) is 9.59 Å². The topological polar surface area (TPSA) is 179 Å². The molecule has 0 aromatic carbocycles. The van der Waals surface area contributed by atoms with Crippen molar-refractivity contribution in [3.8, 4) is 0 Å². The Hall–Kier alpha value is -2.73. The smallest absolute Gasteiger partial charge is 0.271 e. The Morgan fingerprint density at radius 3 is 2.69 bits per heavy atom. The van der Waals surface area contributed by atoms with Gasteiger partial charge < -0.3 is 32.3 Å². The fourth-order valence-electron chi connectivity index (χ4n) is 3.59. The van der Waals surface area contributed by atoms with E-state index < -0.39 is 11.9 Å². The number of likely N-dealkylation sites (tertiary alicyclic amines) is 1. The number of nitrogens with one attached hydrogen (secondary N) is 4. The van der Waals surface area contributed by atoms with Crippen molar-refractivity contribution in [1.29, 1.82) is 5.41 Å². The Bertz CT molecular complexity index is 828. The van der Waals surface area contributed by atoms with E-state index >= 15 is 0 Å². The van der Waals surface area contributed by atoms with Crippen LogP contribution in [0, 0.1) is 11.3 Å². The van der Waals surface area contributed by atoms with Crippen LogP contribution < -0.4 is 27.4 Å².